The number of hydrogen-bond donors (Lipinski definition) is 1. The van der Waals surface area contributed by atoms with Crippen LogP contribution in [-0.2, 0) is 4.79 Å². The third-order valence-electron chi connectivity index (χ3n) is 4.48. The molecule has 0 aliphatic carbocycles. The molecule has 0 aliphatic rings. The minimum atomic E-state index is -0.989. The van der Waals surface area contributed by atoms with Crippen LogP contribution in [0, 0.1) is 5.41 Å². The van der Waals surface area contributed by atoms with E-state index in [0.29, 0.717) is 24.3 Å². The molecule has 0 heterocycles. The molecule has 0 saturated carbocycles. The topological polar surface area (TPSA) is 46.5 Å². The average molecular weight is 383 g/mol. The molecule has 0 atom stereocenters. The molecule has 28 heavy (non-hydrogen) atoms. The summed E-state index contributed by atoms with van der Waals surface area (Å²) >= 11 is 0. The van der Waals surface area contributed by atoms with Crippen LogP contribution in [0.15, 0.2) is 60.9 Å². The molecule has 0 radical (unpaired) electrons. The molecular formula is C25H34O3. The first kappa shape index (κ1) is 23.5. The van der Waals surface area contributed by atoms with Gasteiger partial charge in [0.2, 0.25) is 0 Å². The summed E-state index contributed by atoms with van der Waals surface area (Å²) in [6.45, 7) is 10.8. The fraction of sp³-hybridized carbons (Fsp3) is 0.440. The Morgan fingerprint density at radius 2 is 2.00 bits per heavy atom. The van der Waals surface area contributed by atoms with Gasteiger partial charge in [-0.1, -0.05) is 70.7 Å². The van der Waals surface area contributed by atoms with Gasteiger partial charge in [-0.3, -0.25) is 0 Å². The van der Waals surface area contributed by atoms with E-state index in [1.54, 1.807) is 30.4 Å². The Kier molecular flexibility index (Phi) is 10.8. The van der Waals surface area contributed by atoms with Gasteiger partial charge in [0.15, 0.2) is 0 Å². The molecule has 0 amide bonds. The maximum absolute atomic E-state index is 11.8. The Morgan fingerprint density at radius 1 is 1.25 bits per heavy atom. The van der Waals surface area contributed by atoms with Crippen molar-refractivity contribution < 1.29 is 14.6 Å². The van der Waals surface area contributed by atoms with Gasteiger partial charge in [-0.25, -0.2) is 4.79 Å². The van der Waals surface area contributed by atoms with Gasteiger partial charge in [-0.2, -0.15) is 0 Å². The maximum atomic E-state index is 11.8. The zero-order valence-electron chi connectivity index (χ0n) is 17.5. The lowest BCUT2D eigenvalue weighted by atomic mass is 9.87. The summed E-state index contributed by atoms with van der Waals surface area (Å²) in [5, 5.41) is 9.65. The number of unbranched alkanes of at least 4 members (excludes halogenated alkanes) is 3. The lowest BCUT2D eigenvalue weighted by molar-refractivity contribution is -0.130. The largest absolute Gasteiger partial charge is 0.492 e. The zero-order valence-corrected chi connectivity index (χ0v) is 17.5. The fourth-order valence-electron chi connectivity index (χ4n) is 2.82. The smallest absolute Gasteiger partial charge is 0.336 e. The van der Waals surface area contributed by atoms with Crippen LogP contribution in [0.2, 0.25) is 0 Å². The van der Waals surface area contributed by atoms with E-state index in [-0.39, 0.29) is 11.0 Å². The van der Waals surface area contributed by atoms with E-state index in [1.807, 2.05) is 18.2 Å². The summed E-state index contributed by atoms with van der Waals surface area (Å²) in [4.78, 5) is 11.8. The summed E-state index contributed by atoms with van der Waals surface area (Å²) in [5.74, 6) is -0.391. The van der Waals surface area contributed by atoms with Crippen molar-refractivity contribution in [2.45, 2.75) is 59.3 Å². The number of rotatable bonds is 13. The first-order valence-corrected chi connectivity index (χ1v) is 10.1. The third kappa shape index (κ3) is 8.92. The molecule has 0 saturated heterocycles. The van der Waals surface area contributed by atoms with Crippen molar-refractivity contribution in [2.75, 3.05) is 6.61 Å². The quantitative estimate of drug-likeness (QED) is 0.134. The number of para-hydroxylation sites is 1. The van der Waals surface area contributed by atoms with Gasteiger partial charge in [-0.05, 0) is 42.6 Å². The minimum absolute atomic E-state index is 0.0429. The molecule has 1 N–H and O–H groups in total. The molecule has 0 bridgehead atoms. The summed E-state index contributed by atoms with van der Waals surface area (Å²) in [6.07, 6.45) is 13.4. The predicted octanol–water partition coefficient (Wildman–Crippen LogP) is 6.82. The third-order valence-corrected chi connectivity index (χ3v) is 4.48. The number of carboxylic acid groups (broad SMARTS) is 1. The van der Waals surface area contributed by atoms with Crippen LogP contribution < -0.4 is 4.74 Å². The highest BCUT2D eigenvalue weighted by Gasteiger charge is 2.20. The van der Waals surface area contributed by atoms with Gasteiger partial charge in [0, 0.05) is 5.56 Å². The molecule has 152 valence electrons. The molecule has 3 heteroatoms. The summed E-state index contributed by atoms with van der Waals surface area (Å²) in [7, 11) is 0. The highest BCUT2D eigenvalue weighted by Crippen LogP contribution is 2.30. The van der Waals surface area contributed by atoms with E-state index in [2.05, 4.69) is 33.1 Å². The molecule has 0 fully saturated rings. The van der Waals surface area contributed by atoms with Gasteiger partial charge < -0.3 is 9.84 Å². The van der Waals surface area contributed by atoms with Gasteiger partial charge >= 0.3 is 5.97 Å². The molecule has 0 aliphatic heterocycles. The number of benzene rings is 1. The number of carbonyl (C=O) groups is 1. The molecule has 0 unspecified atom stereocenters. The van der Waals surface area contributed by atoms with Crippen molar-refractivity contribution in [1.29, 1.82) is 0 Å². The Morgan fingerprint density at radius 3 is 2.68 bits per heavy atom. The average Bonchev–Trinajstić information content (AvgIpc) is 2.67. The Bertz CT molecular complexity index is 719. The first-order chi connectivity index (χ1) is 13.4. The molecular weight excluding hydrogens is 348 g/mol. The monoisotopic (exact) mass is 382 g/mol. The number of carboxylic acids is 1. The van der Waals surface area contributed by atoms with Crippen molar-refractivity contribution in [3.8, 4) is 5.75 Å². The lowest BCUT2D eigenvalue weighted by Crippen LogP contribution is -2.22. The van der Waals surface area contributed by atoms with Crippen LogP contribution >= 0.6 is 0 Å². The van der Waals surface area contributed by atoms with Crippen LogP contribution in [-0.4, -0.2) is 17.7 Å². The van der Waals surface area contributed by atoms with Crippen LogP contribution in [0.3, 0.4) is 0 Å². The van der Waals surface area contributed by atoms with Gasteiger partial charge in [0.1, 0.15) is 5.75 Å². The van der Waals surface area contributed by atoms with Crippen molar-refractivity contribution in [1.82, 2.24) is 0 Å². The SMILES string of the molecule is C=CCC=C=CC=C(C(=O)O)c1ccccc1OCC(C)(C)CCCCCC. The highest BCUT2D eigenvalue weighted by molar-refractivity contribution is 6.16. The number of hydrogen-bond acceptors (Lipinski definition) is 2. The van der Waals surface area contributed by atoms with Crippen molar-refractivity contribution in [3.63, 3.8) is 0 Å². The molecule has 1 aromatic carbocycles. The standard InChI is InChI=1S/C25H34O3/c1-5-7-9-11-12-17-22(24(26)27)21-16-13-14-18-23(21)28-20-25(3,4)19-15-10-8-6-2/h5,9,12-14,16-18H,1,6-8,10,15,19-20H2,2-4H3,(H,26,27). The lowest BCUT2D eigenvalue weighted by Gasteiger charge is -2.25. The second-order valence-corrected chi connectivity index (χ2v) is 7.71. The second-order valence-electron chi connectivity index (χ2n) is 7.71. The van der Waals surface area contributed by atoms with Crippen molar-refractivity contribution in [2.24, 2.45) is 5.41 Å². The number of ether oxygens (including phenoxy) is 1. The van der Waals surface area contributed by atoms with E-state index < -0.39 is 5.97 Å². The first-order valence-electron chi connectivity index (χ1n) is 10.1. The van der Waals surface area contributed by atoms with Crippen LogP contribution in [0.1, 0.15) is 64.9 Å². The van der Waals surface area contributed by atoms with E-state index in [4.69, 9.17) is 4.74 Å². The van der Waals surface area contributed by atoms with Crippen molar-refractivity contribution >= 4 is 11.5 Å². The fourth-order valence-corrected chi connectivity index (χ4v) is 2.82. The minimum Gasteiger partial charge on any atom is -0.492 e. The molecule has 1 aromatic rings. The van der Waals surface area contributed by atoms with E-state index in [0.717, 1.165) is 6.42 Å². The predicted molar refractivity (Wildman–Crippen MR) is 118 cm³/mol. The Labute approximate surface area is 170 Å². The normalized spacial score (nSPS) is 11.5. The van der Waals surface area contributed by atoms with Gasteiger partial charge in [0.05, 0.1) is 12.2 Å². The maximum Gasteiger partial charge on any atom is 0.336 e. The van der Waals surface area contributed by atoms with Gasteiger partial charge in [-0.15, -0.1) is 12.3 Å². The Balaban J connectivity index is 2.92. The molecule has 0 aromatic heterocycles. The van der Waals surface area contributed by atoms with Crippen LogP contribution in [0.4, 0.5) is 0 Å². The number of aliphatic carboxylic acids is 1. The van der Waals surface area contributed by atoms with Crippen LogP contribution in [0.5, 0.6) is 5.75 Å². The van der Waals surface area contributed by atoms with E-state index in [9.17, 15) is 9.90 Å². The summed E-state index contributed by atoms with van der Waals surface area (Å²) in [5.41, 5.74) is 3.76. The Hall–Kier alpha value is -2.51. The van der Waals surface area contributed by atoms with Gasteiger partial charge in [0.25, 0.3) is 0 Å². The summed E-state index contributed by atoms with van der Waals surface area (Å²) in [6, 6.07) is 7.31. The summed E-state index contributed by atoms with van der Waals surface area (Å²) < 4.78 is 6.08. The van der Waals surface area contributed by atoms with Crippen LogP contribution in [0.25, 0.3) is 5.57 Å². The highest BCUT2D eigenvalue weighted by atomic mass is 16.5. The zero-order chi connectivity index (χ0) is 20.8. The second kappa shape index (κ2) is 12.8. The number of allylic oxidation sites excluding steroid dienone is 3. The molecule has 0 spiro atoms. The van der Waals surface area contributed by atoms with E-state index in [1.165, 1.54) is 25.7 Å². The van der Waals surface area contributed by atoms with Crippen molar-refractivity contribution in [3.05, 3.63) is 66.4 Å². The van der Waals surface area contributed by atoms with E-state index >= 15 is 0 Å². The molecule has 3 nitrogen and oxygen atoms in total. The molecule has 1 rings (SSSR count).